The Morgan fingerprint density at radius 2 is 1.94 bits per heavy atom. The number of carboxylic acids is 1. The predicted molar refractivity (Wildman–Crippen MR) is 76.6 cm³/mol. The Hall–Kier alpha value is -0.880. The zero-order valence-corrected chi connectivity index (χ0v) is 12.2. The summed E-state index contributed by atoms with van der Waals surface area (Å²) >= 11 is 4.24. The standard InChI is InChI=1S/C11H20O2.CH5N3S/c1-7(2)9-5-4-8(3)6-10(9)11(12)13;2-1(5)4-3/h7-10H,4-6H2,1-3H3,(H,12,13);3H2,(H3,2,4,5). The van der Waals surface area contributed by atoms with E-state index in [9.17, 15) is 4.79 Å². The molecule has 1 aliphatic carbocycles. The van der Waals surface area contributed by atoms with Crippen molar-refractivity contribution in [2.45, 2.75) is 40.0 Å². The maximum Gasteiger partial charge on any atom is 0.306 e. The molecule has 6 heteroatoms. The van der Waals surface area contributed by atoms with E-state index in [2.05, 4.69) is 38.8 Å². The highest BCUT2D eigenvalue weighted by molar-refractivity contribution is 7.80. The van der Waals surface area contributed by atoms with Crippen LogP contribution in [-0.2, 0) is 4.79 Å². The lowest BCUT2D eigenvalue weighted by Crippen LogP contribution is -2.34. The summed E-state index contributed by atoms with van der Waals surface area (Å²) in [6, 6.07) is 0. The van der Waals surface area contributed by atoms with Gasteiger partial charge in [-0.1, -0.05) is 27.2 Å². The number of hydrogen-bond acceptors (Lipinski definition) is 3. The highest BCUT2D eigenvalue weighted by Gasteiger charge is 2.35. The first-order chi connectivity index (χ1) is 8.29. The molecule has 106 valence electrons. The summed E-state index contributed by atoms with van der Waals surface area (Å²) in [7, 11) is 0. The molecule has 0 aromatic rings. The normalized spacial score (nSPS) is 27.1. The van der Waals surface area contributed by atoms with Gasteiger partial charge in [-0.15, -0.1) is 0 Å². The van der Waals surface area contributed by atoms with Gasteiger partial charge in [0, 0.05) is 0 Å². The SMILES string of the molecule is CC1CCC(C(C)C)C(C(=O)O)C1.NNC(N)=S. The lowest BCUT2D eigenvalue weighted by molar-refractivity contribution is -0.146. The molecule has 3 unspecified atom stereocenters. The van der Waals surface area contributed by atoms with Gasteiger partial charge >= 0.3 is 5.97 Å². The highest BCUT2D eigenvalue weighted by atomic mass is 32.1. The Labute approximate surface area is 114 Å². The summed E-state index contributed by atoms with van der Waals surface area (Å²) in [4.78, 5) is 11.0. The van der Waals surface area contributed by atoms with E-state index in [1.165, 1.54) is 6.42 Å². The Morgan fingerprint density at radius 3 is 2.28 bits per heavy atom. The number of aliphatic carboxylic acids is 1. The van der Waals surface area contributed by atoms with Gasteiger partial charge in [0.1, 0.15) is 0 Å². The number of nitrogens with two attached hydrogens (primary N) is 2. The maximum atomic E-state index is 11.0. The molecule has 18 heavy (non-hydrogen) atoms. The molecular formula is C12H25N3O2S. The molecule has 6 N–H and O–H groups in total. The van der Waals surface area contributed by atoms with Crippen molar-refractivity contribution in [3.05, 3.63) is 0 Å². The van der Waals surface area contributed by atoms with Gasteiger partial charge in [-0.05, 0) is 42.8 Å². The molecule has 1 saturated carbocycles. The van der Waals surface area contributed by atoms with E-state index < -0.39 is 5.97 Å². The lowest BCUT2D eigenvalue weighted by Gasteiger charge is -2.34. The number of nitrogens with one attached hydrogen (secondary N) is 1. The van der Waals surface area contributed by atoms with Crippen LogP contribution in [0, 0.1) is 23.7 Å². The molecule has 0 bridgehead atoms. The van der Waals surface area contributed by atoms with Gasteiger partial charge in [0.15, 0.2) is 5.11 Å². The second-order valence-electron chi connectivity index (χ2n) is 5.28. The van der Waals surface area contributed by atoms with Crippen LogP contribution in [0.1, 0.15) is 40.0 Å². The van der Waals surface area contributed by atoms with Crippen molar-refractivity contribution in [3.63, 3.8) is 0 Å². The number of hydrogen-bond donors (Lipinski definition) is 4. The number of thiocarbonyl (C=S) groups is 1. The molecular weight excluding hydrogens is 250 g/mol. The van der Waals surface area contributed by atoms with Crippen LogP contribution in [0.3, 0.4) is 0 Å². The third-order valence-corrected chi connectivity index (χ3v) is 3.60. The minimum Gasteiger partial charge on any atom is -0.481 e. The largest absolute Gasteiger partial charge is 0.481 e. The monoisotopic (exact) mass is 275 g/mol. The van der Waals surface area contributed by atoms with Crippen LogP contribution >= 0.6 is 12.2 Å². The summed E-state index contributed by atoms with van der Waals surface area (Å²) in [5, 5.41) is 9.19. The van der Waals surface area contributed by atoms with Gasteiger partial charge in [-0.2, -0.15) is 0 Å². The zero-order chi connectivity index (χ0) is 14.3. The average molecular weight is 275 g/mol. The van der Waals surface area contributed by atoms with E-state index in [-0.39, 0.29) is 11.0 Å². The summed E-state index contributed by atoms with van der Waals surface area (Å²) in [6.07, 6.45) is 3.17. The fraction of sp³-hybridized carbons (Fsp3) is 0.833. The van der Waals surface area contributed by atoms with Crippen molar-refractivity contribution < 1.29 is 9.90 Å². The molecule has 1 rings (SSSR count). The van der Waals surface area contributed by atoms with Crippen LogP contribution in [-0.4, -0.2) is 16.2 Å². The molecule has 1 aliphatic rings. The zero-order valence-electron chi connectivity index (χ0n) is 11.3. The van der Waals surface area contributed by atoms with E-state index >= 15 is 0 Å². The topological polar surface area (TPSA) is 101 Å². The number of carbonyl (C=O) groups is 1. The molecule has 0 spiro atoms. The molecule has 1 fully saturated rings. The van der Waals surface area contributed by atoms with Crippen molar-refractivity contribution in [3.8, 4) is 0 Å². The van der Waals surface area contributed by atoms with Gasteiger partial charge in [0.2, 0.25) is 0 Å². The molecule has 0 radical (unpaired) electrons. The Kier molecular flexibility index (Phi) is 7.86. The van der Waals surface area contributed by atoms with Gasteiger partial charge in [0.25, 0.3) is 0 Å². The number of rotatable bonds is 2. The van der Waals surface area contributed by atoms with Crippen molar-refractivity contribution in [2.24, 2.45) is 35.2 Å². The molecule has 0 aromatic carbocycles. The summed E-state index contributed by atoms with van der Waals surface area (Å²) in [5.41, 5.74) is 6.82. The van der Waals surface area contributed by atoms with Crippen LogP contribution in [0.5, 0.6) is 0 Å². The van der Waals surface area contributed by atoms with Crippen LogP contribution < -0.4 is 17.0 Å². The summed E-state index contributed by atoms with van der Waals surface area (Å²) in [6.45, 7) is 6.43. The molecule has 3 atom stereocenters. The number of hydrazine groups is 1. The molecule has 0 aliphatic heterocycles. The smallest absolute Gasteiger partial charge is 0.306 e. The van der Waals surface area contributed by atoms with Crippen molar-refractivity contribution in [1.29, 1.82) is 0 Å². The van der Waals surface area contributed by atoms with Gasteiger partial charge in [0.05, 0.1) is 5.92 Å². The quantitative estimate of drug-likeness (QED) is 0.346. The Bertz CT molecular complexity index is 284. The minimum absolute atomic E-state index is 0.0938. The Balaban J connectivity index is 0.000000494. The van der Waals surface area contributed by atoms with E-state index in [4.69, 9.17) is 10.8 Å². The predicted octanol–water partition coefficient (Wildman–Crippen LogP) is 1.47. The molecule has 0 heterocycles. The first-order valence-electron chi connectivity index (χ1n) is 6.28. The van der Waals surface area contributed by atoms with E-state index in [1.807, 2.05) is 5.43 Å². The van der Waals surface area contributed by atoms with Crippen LogP contribution in [0.4, 0.5) is 0 Å². The average Bonchev–Trinajstić information content (AvgIpc) is 2.29. The fourth-order valence-electron chi connectivity index (χ4n) is 2.49. The van der Waals surface area contributed by atoms with E-state index in [0.29, 0.717) is 17.8 Å². The van der Waals surface area contributed by atoms with Crippen molar-refractivity contribution >= 4 is 23.3 Å². The van der Waals surface area contributed by atoms with Crippen molar-refractivity contribution in [2.75, 3.05) is 0 Å². The molecule has 5 nitrogen and oxygen atoms in total. The Morgan fingerprint density at radius 1 is 1.44 bits per heavy atom. The molecule has 0 saturated heterocycles. The highest BCUT2D eigenvalue weighted by Crippen LogP contribution is 2.37. The first-order valence-corrected chi connectivity index (χ1v) is 6.69. The second-order valence-corrected chi connectivity index (χ2v) is 5.72. The summed E-state index contributed by atoms with van der Waals surface area (Å²) in [5.74, 6) is 5.47. The van der Waals surface area contributed by atoms with Gasteiger partial charge in [-0.3, -0.25) is 4.79 Å². The fourth-order valence-corrected chi connectivity index (χ4v) is 2.49. The third kappa shape index (κ3) is 6.16. The summed E-state index contributed by atoms with van der Waals surface area (Å²) < 4.78 is 0. The van der Waals surface area contributed by atoms with Crippen LogP contribution in [0.2, 0.25) is 0 Å². The van der Waals surface area contributed by atoms with E-state index in [0.717, 1.165) is 12.8 Å². The van der Waals surface area contributed by atoms with Crippen LogP contribution in [0.25, 0.3) is 0 Å². The first kappa shape index (κ1) is 17.1. The van der Waals surface area contributed by atoms with Crippen molar-refractivity contribution in [1.82, 2.24) is 5.43 Å². The number of carboxylic acid groups (broad SMARTS) is 1. The molecule has 0 amide bonds. The molecule has 0 aromatic heterocycles. The van der Waals surface area contributed by atoms with Crippen LogP contribution in [0.15, 0.2) is 0 Å². The van der Waals surface area contributed by atoms with Gasteiger partial charge < -0.3 is 16.3 Å². The minimum atomic E-state index is -0.592. The second kappa shape index (κ2) is 8.26. The third-order valence-electron chi connectivity index (χ3n) is 3.48. The lowest BCUT2D eigenvalue weighted by atomic mass is 9.70. The maximum absolute atomic E-state index is 11.0. The van der Waals surface area contributed by atoms with Gasteiger partial charge in [-0.25, -0.2) is 5.84 Å². The van der Waals surface area contributed by atoms with E-state index in [1.54, 1.807) is 0 Å².